The van der Waals surface area contributed by atoms with Gasteiger partial charge in [0.1, 0.15) is 0 Å². The normalized spacial score (nSPS) is 10.6. The van der Waals surface area contributed by atoms with Crippen LogP contribution in [0.5, 0.6) is 0 Å². The van der Waals surface area contributed by atoms with E-state index < -0.39 is 5.97 Å². The number of aryl methyl sites for hydroxylation is 1. The standard InChI is InChI=1S/C19H22N2O3/c1-12(2)21(14(4)22)18-9-7-15(10-13(18)3)17-8-6-16(11-20-17)19(23)24-5/h6-12H,1-5H3. The van der Waals surface area contributed by atoms with Crippen LogP contribution in [0.4, 0.5) is 5.69 Å². The van der Waals surface area contributed by atoms with Gasteiger partial charge >= 0.3 is 5.97 Å². The van der Waals surface area contributed by atoms with Crippen molar-refractivity contribution in [3.63, 3.8) is 0 Å². The van der Waals surface area contributed by atoms with Crippen LogP contribution in [-0.4, -0.2) is 30.0 Å². The van der Waals surface area contributed by atoms with Gasteiger partial charge in [0.2, 0.25) is 5.91 Å². The average molecular weight is 326 g/mol. The van der Waals surface area contributed by atoms with Crippen molar-refractivity contribution in [2.24, 2.45) is 0 Å². The molecule has 1 amide bonds. The largest absolute Gasteiger partial charge is 0.465 e. The summed E-state index contributed by atoms with van der Waals surface area (Å²) in [6, 6.07) is 9.42. The van der Waals surface area contributed by atoms with E-state index in [1.54, 1.807) is 24.0 Å². The molecule has 0 saturated carbocycles. The molecule has 1 aromatic carbocycles. The maximum absolute atomic E-state index is 11.9. The number of esters is 1. The molecule has 126 valence electrons. The van der Waals surface area contributed by atoms with Crippen LogP contribution in [-0.2, 0) is 9.53 Å². The minimum Gasteiger partial charge on any atom is -0.465 e. The number of anilines is 1. The monoisotopic (exact) mass is 326 g/mol. The Morgan fingerprint density at radius 3 is 2.33 bits per heavy atom. The number of benzene rings is 1. The van der Waals surface area contributed by atoms with Crippen LogP contribution in [0.15, 0.2) is 36.5 Å². The Balaban J connectivity index is 2.35. The summed E-state index contributed by atoms with van der Waals surface area (Å²) in [6.45, 7) is 7.52. The molecule has 2 aromatic rings. The number of hydrogen-bond acceptors (Lipinski definition) is 4. The number of rotatable bonds is 4. The van der Waals surface area contributed by atoms with Crippen molar-refractivity contribution >= 4 is 17.6 Å². The molecule has 0 spiro atoms. The fourth-order valence-corrected chi connectivity index (χ4v) is 2.70. The van der Waals surface area contributed by atoms with Crippen LogP contribution in [0.3, 0.4) is 0 Å². The highest BCUT2D eigenvalue weighted by Crippen LogP contribution is 2.27. The van der Waals surface area contributed by atoms with Crippen LogP contribution >= 0.6 is 0 Å². The second-order valence-electron chi connectivity index (χ2n) is 5.91. The van der Waals surface area contributed by atoms with E-state index in [2.05, 4.69) is 9.72 Å². The lowest BCUT2D eigenvalue weighted by atomic mass is 10.0. The number of nitrogens with zero attached hydrogens (tertiary/aromatic N) is 2. The van der Waals surface area contributed by atoms with Crippen LogP contribution in [0.25, 0.3) is 11.3 Å². The summed E-state index contributed by atoms with van der Waals surface area (Å²) in [5.74, 6) is -0.393. The molecule has 0 atom stereocenters. The Morgan fingerprint density at radius 1 is 1.17 bits per heavy atom. The van der Waals surface area contributed by atoms with Crippen molar-refractivity contribution in [1.29, 1.82) is 0 Å². The van der Waals surface area contributed by atoms with E-state index in [1.807, 2.05) is 39.0 Å². The van der Waals surface area contributed by atoms with Gasteiger partial charge in [-0.3, -0.25) is 9.78 Å². The van der Waals surface area contributed by atoms with E-state index in [1.165, 1.54) is 13.3 Å². The quantitative estimate of drug-likeness (QED) is 0.805. The fraction of sp³-hybridized carbons (Fsp3) is 0.316. The Bertz CT molecular complexity index is 752. The third-order valence-corrected chi connectivity index (χ3v) is 3.79. The highest BCUT2D eigenvalue weighted by Gasteiger charge is 2.17. The summed E-state index contributed by atoms with van der Waals surface area (Å²) in [6.07, 6.45) is 1.50. The van der Waals surface area contributed by atoms with E-state index in [4.69, 9.17) is 0 Å². The molecule has 0 aliphatic rings. The molecule has 5 heteroatoms. The molecule has 0 fully saturated rings. The molecular formula is C19H22N2O3. The van der Waals surface area contributed by atoms with Gasteiger partial charge in [-0.05, 0) is 50.6 Å². The van der Waals surface area contributed by atoms with Crippen molar-refractivity contribution < 1.29 is 14.3 Å². The van der Waals surface area contributed by atoms with Gasteiger partial charge in [0, 0.05) is 30.4 Å². The third kappa shape index (κ3) is 3.62. The van der Waals surface area contributed by atoms with Crippen LogP contribution < -0.4 is 4.90 Å². The van der Waals surface area contributed by atoms with Gasteiger partial charge in [0.25, 0.3) is 0 Å². The van der Waals surface area contributed by atoms with E-state index >= 15 is 0 Å². The highest BCUT2D eigenvalue weighted by atomic mass is 16.5. The molecule has 0 unspecified atom stereocenters. The second kappa shape index (κ2) is 7.25. The number of aromatic nitrogens is 1. The molecule has 0 aliphatic heterocycles. The summed E-state index contributed by atoms with van der Waals surface area (Å²) in [5, 5.41) is 0. The van der Waals surface area contributed by atoms with Gasteiger partial charge in [0.15, 0.2) is 0 Å². The van der Waals surface area contributed by atoms with Crippen molar-refractivity contribution in [2.45, 2.75) is 33.7 Å². The van der Waals surface area contributed by atoms with Crippen molar-refractivity contribution in [2.75, 3.05) is 12.0 Å². The predicted molar refractivity (Wildman–Crippen MR) is 94.0 cm³/mol. The van der Waals surface area contributed by atoms with Crippen LogP contribution in [0, 0.1) is 6.92 Å². The zero-order valence-electron chi connectivity index (χ0n) is 14.7. The number of methoxy groups -OCH3 is 1. The maximum Gasteiger partial charge on any atom is 0.339 e. The van der Waals surface area contributed by atoms with Gasteiger partial charge in [-0.25, -0.2) is 4.79 Å². The molecule has 24 heavy (non-hydrogen) atoms. The molecule has 1 aromatic heterocycles. The topological polar surface area (TPSA) is 59.5 Å². The lowest BCUT2D eigenvalue weighted by Gasteiger charge is -2.27. The number of carbonyl (C=O) groups is 2. The molecule has 0 radical (unpaired) electrons. The van der Waals surface area contributed by atoms with E-state index in [9.17, 15) is 9.59 Å². The SMILES string of the molecule is COC(=O)c1ccc(-c2ccc(N(C(C)=O)C(C)C)c(C)c2)nc1. The van der Waals surface area contributed by atoms with Crippen molar-refractivity contribution in [3.05, 3.63) is 47.7 Å². The summed E-state index contributed by atoms with van der Waals surface area (Å²) < 4.78 is 4.67. The molecule has 2 rings (SSSR count). The summed E-state index contributed by atoms with van der Waals surface area (Å²) in [5.41, 5.74) is 4.00. The molecule has 0 bridgehead atoms. The molecule has 0 N–H and O–H groups in total. The molecule has 0 saturated heterocycles. The Morgan fingerprint density at radius 2 is 1.88 bits per heavy atom. The molecule has 5 nitrogen and oxygen atoms in total. The van der Waals surface area contributed by atoms with Crippen LogP contribution in [0.2, 0.25) is 0 Å². The number of ether oxygens (including phenoxy) is 1. The first-order valence-electron chi connectivity index (χ1n) is 7.80. The zero-order valence-corrected chi connectivity index (χ0v) is 14.7. The second-order valence-corrected chi connectivity index (χ2v) is 5.91. The molecule has 1 heterocycles. The van der Waals surface area contributed by atoms with Gasteiger partial charge in [0.05, 0.1) is 18.4 Å². The van der Waals surface area contributed by atoms with E-state index in [0.29, 0.717) is 5.56 Å². The number of pyridine rings is 1. The van der Waals surface area contributed by atoms with E-state index in [-0.39, 0.29) is 11.9 Å². The molecular weight excluding hydrogens is 304 g/mol. The van der Waals surface area contributed by atoms with Crippen LogP contribution in [0.1, 0.15) is 36.7 Å². The van der Waals surface area contributed by atoms with Crippen molar-refractivity contribution in [3.8, 4) is 11.3 Å². The lowest BCUT2D eigenvalue weighted by molar-refractivity contribution is -0.116. The maximum atomic E-state index is 11.9. The minimum atomic E-state index is -0.408. The summed E-state index contributed by atoms with van der Waals surface area (Å²) in [7, 11) is 1.34. The van der Waals surface area contributed by atoms with Gasteiger partial charge in [-0.1, -0.05) is 6.07 Å². The highest BCUT2D eigenvalue weighted by molar-refractivity contribution is 5.93. The fourth-order valence-electron chi connectivity index (χ4n) is 2.70. The lowest BCUT2D eigenvalue weighted by Crippen LogP contribution is -2.35. The Hall–Kier alpha value is -2.69. The number of amides is 1. The number of hydrogen-bond donors (Lipinski definition) is 0. The van der Waals surface area contributed by atoms with E-state index in [0.717, 1.165) is 22.5 Å². The zero-order chi connectivity index (χ0) is 17.9. The van der Waals surface area contributed by atoms with Crippen molar-refractivity contribution in [1.82, 2.24) is 4.98 Å². The Kier molecular flexibility index (Phi) is 5.34. The molecule has 0 aliphatic carbocycles. The third-order valence-electron chi connectivity index (χ3n) is 3.79. The Labute approximate surface area is 142 Å². The smallest absolute Gasteiger partial charge is 0.339 e. The van der Waals surface area contributed by atoms with Gasteiger partial charge in [-0.2, -0.15) is 0 Å². The van der Waals surface area contributed by atoms with Gasteiger partial charge < -0.3 is 9.64 Å². The summed E-state index contributed by atoms with van der Waals surface area (Å²) >= 11 is 0. The first-order chi connectivity index (χ1) is 11.3. The first-order valence-corrected chi connectivity index (χ1v) is 7.80. The predicted octanol–water partition coefficient (Wildman–Crippen LogP) is 3.60. The average Bonchev–Trinajstić information content (AvgIpc) is 2.55. The summed E-state index contributed by atoms with van der Waals surface area (Å²) in [4.78, 5) is 29.4. The first kappa shape index (κ1) is 17.7. The van der Waals surface area contributed by atoms with Gasteiger partial charge in [-0.15, -0.1) is 0 Å². The number of carbonyl (C=O) groups excluding carboxylic acids is 2. The minimum absolute atomic E-state index is 0.0152.